The van der Waals surface area contributed by atoms with Gasteiger partial charge in [0.1, 0.15) is 5.82 Å². The van der Waals surface area contributed by atoms with E-state index in [4.69, 9.17) is 0 Å². The van der Waals surface area contributed by atoms with Gasteiger partial charge >= 0.3 is 0 Å². The summed E-state index contributed by atoms with van der Waals surface area (Å²) in [6.45, 7) is 2.49. The molecule has 0 amide bonds. The molecule has 2 heterocycles. The Morgan fingerprint density at radius 1 is 1.41 bits per heavy atom. The molecule has 1 aliphatic heterocycles. The number of guanidine groups is 1. The predicted molar refractivity (Wildman–Crippen MR) is 116 cm³/mol. The zero-order chi connectivity index (χ0) is 20.8. The Labute approximate surface area is 172 Å². The molecule has 2 aromatic rings. The van der Waals surface area contributed by atoms with E-state index in [1.807, 2.05) is 30.2 Å². The Balaban J connectivity index is 1.57. The van der Waals surface area contributed by atoms with Gasteiger partial charge in [-0.15, -0.1) is 0 Å². The Morgan fingerprint density at radius 2 is 2.24 bits per heavy atom. The van der Waals surface area contributed by atoms with Gasteiger partial charge in [0.05, 0.1) is 12.2 Å². The van der Waals surface area contributed by atoms with E-state index in [0.29, 0.717) is 0 Å². The van der Waals surface area contributed by atoms with Crippen LogP contribution in [0, 0.1) is 5.82 Å². The molecule has 1 aromatic carbocycles. The lowest BCUT2D eigenvalue weighted by atomic mass is 10.0. The van der Waals surface area contributed by atoms with Gasteiger partial charge in [-0.2, -0.15) is 5.10 Å². The number of hydrogen-bond acceptors (Lipinski definition) is 4. The Morgan fingerprint density at radius 3 is 2.90 bits per heavy atom. The number of aliphatic imine (C=N–C) groups is 1. The molecule has 1 saturated heterocycles. The minimum Gasteiger partial charge on any atom is -0.369 e. The predicted octanol–water partition coefficient (Wildman–Crippen LogP) is 2.00. The summed E-state index contributed by atoms with van der Waals surface area (Å²) in [6, 6.07) is 7.27. The fourth-order valence-corrected chi connectivity index (χ4v) is 3.79. The summed E-state index contributed by atoms with van der Waals surface area (Å²) < 4.78 is 15.4. The average molecular weight is 402 g/mol. The van der Waals surface area contributed by atoms with Crippen molar-refractivity contribution >= 4 is 11.6 Å². The van der Waals surface area contributed by atoms with Crippen LogP contribution in [0.5, 0.6) is 0 Å². The van der Waals surface area contributed by atoms with Crippen molar-refractivity contribution < 1.29 is 4.39 Å². The van der Waals surface area contributed by atoms with Gasteiger partial charge in [0.25, 0.3) is 0 Å². The highest BCUT2D eigenvalue weighted by Gasteiger charge is 2.22. The largest absolute Gasteiger partial charge is 0.369 e. The zero-order valence-corrected chi connectivity index (χ0v) is 17.8. The van der Waals surface area contributed by atoms with Crippen LogP contribution in [0.3, 0.4) is 0 Å². The number of halogens is 1. The molecule has 1 aromatic heterocycles. The summed E-state index contributed by atoms with van der Waals surface area (Å²) in [4.78, 5) is 8.80. The lowest BCUT2D eigenvalue weighted by Gasteiger charge is -2.35. The molecule has 158 valence electrons. The third-order valence-electron chi connectivity index (χ3n) is 5.36. The van der Waals surface area contributed by atoms with Gasteiger partial charge in [0, 0.05) is 57.2 Å². The number of nitrogens with one attached hydrogen (secondary N) is 2. The highest BCUT2D eigenvalue weighted by atomic mass is 19.1. The summed E-state index contributed by atoms with van der Waals surface area (Å²) >= 11 is 0. The summed E-state index contributed by atoms with van der Waals surface area (Å²) in [7, 11) is 7.84. The number of aromatic nitrogens is 2. The minimum absolute atomic E-state index is 0.192. The lowest BCUT2D eigenvalue weighted by Crippen LogP contribution is -2.52. The number of rotatable bonds is 6. The van der Waals surface area contributed by atoms with Crippen molar-refractivity contribution in [1.29, 1.82) is 0 Å². The molecule has 29 heavy (non-hydrogen) atoms. The first-order chi connectivity index (χ1) is 14.0. The fourth-order valence-electron chi connectivity index (χ4n) is 3.79. The lowest BCUT2D eigenvalue weighted by molar-refractivity contribution is 0.297. The van der Waals surface area contributed by atoms with Gasteiger partial charge in [-0.1, -0.05) is 6.07 Å². The molecular formula is C21H32FN7. The summed E-state index contributed by atoms with van der Waals surface area (Å²) in [5, 5.41) is 11.3. The van der Waals surface area contributed by atoms with Crippen LogP contribution in [-0.4, -0.2) is 67.5 Å². The van der Waals surface area contributed by atoms with Gasteiger partial charge < -0.3 is 20.4 Å². The molecule has 0 bridgehead atoms. The van der Waals surface area contributed by atoms with Crippen LogP contribution in [0.25, 0.3) is 0 Å². The highest BCUT2D eigenvalue weighted by molar-refractivity contribution is 5.80. The maximum absolute atomic E-state index is 13.6. The maximum atomic E-state index is 13.6. The normalized spacial score (nSPS) is 18.8. The number of anilines is 1. The molecule has 1 aliphatic rings. The van der Waals surface area contributed by atoms with Crippen molar-refractivity contribution in [3.63, 3.8) is 0 Å². The Bertz CT molecular complexity index is 817. The Hall–Kier alpha value is -2.61. The SMILES string of the molecule is CN=C(NCC(c1cnn(C)c1)N(C)C)NC1CCCN(c2cccc(F)c2)C1. The third-order valence-corrected chi connectivity index (χ3v) is 5.36. The quantitative estimate of drug-likeness (QED) is 0.573. The molecule has 0 spiro atoms. The zero-order valence-electron chi connectivity index (χ0n) is 17.8. The van der Waals surface area contributed by atoms with Crippen LogP contribution >= 0.6 is 0 Å². The summed E-state index contributed by atoms with van der Waals surface area (Å²) in [5.41, 5.74) is 2.10. The standard InChI is InChI=1S/C21H32FN7/c1-23-21(24-13-20(27(2)3)16-12-25-28(4)14-16)26-18-8-6-10-29(15-18)19-9-5-7-17(22)11-19/h5,7,9,11-12,14,18,20H,6,8,10,13,15H2,1-4H3,(H2,23,24,26). The first-order valence-corrected chi connectivity index (χ1v) is 10.1. The topological polar surface area (TPSA) is 60.7 Å². The van der Waals surface area contributed by atoms with E-state index in [1.165, 1.54) is 6.07 Å². The molecule has 0 saturated carbocycles. The van der Waals surface area contributed by atoms with Crippen LogP contribution in [0.4, 0.5) is 10.1 Å². The van der Waals surface area contributed by atoms with Crippen molar-refractivity contribution in [2.24, 2.45) is 12.0 Å². The van der Waals surface area contributed by atoms with Gasteiger partial charge in [0.2, 0.25) is 0 Å². The van der Waals surface area contributed by atoms with Crippen LogP contribution in [-0.2, 0) is 7.05 Å². The average Bonchev–Trinajstić information content (AvgIpc) is 3.13. The van der Waals surface area contributed by atoms with E-state index in [-0.39, 0.29) is 17.9 Å². The van der Waals surface area contributed by atoms with Gasteiger partial charge in [0.15, 0.2) is 5.96 Å². The smallest absolute Gasteiger partial charge is 0.191 e. The highest BCUT2D eigenvalue weighted by Crippen LogP contribution is 2.21. The van der Waals surface area contributed by atoms with E-state index < -0.39 is 0 Å². The molecule has 0 aliphatic carbocycles. The van der Waals surface area contributed by atoms with Crippen LogP contribution < -0.4 is 15.5 Å². The molecular weight excluding hydrogens is 369 g/mol. The monoisotopic (exact) mass is 401 g/mol. The van der Waals surface area contributed by atoms with Crippen molar-refractivity contribution in [1.82, 2.24) is 25.3 Å². The number of likely N-dealkylation sites (N-methyl/N-ethyl adjacent to an activating group) is 1. The molecule has 7 nitrogen and oxygen atoms in total. The van der Waals surface area contributed by atoms with Gasteiger partial charge in [-0.3, -0.25) is 9.67 Å². The maximum Gasteiger partial charge on any atom is 0.191 e. The first-order valence-electron chi connectivity index (χ1n) is 10.1. The van der Waals surface area contributed by atoms with E-state index in [0.717, 1.165) is 49.7 Å². The van der Waals surface area contributed by atoms with Crippen LogP contribution in [0.2, 0.25) is 0 Å². The van der Waals surface area contributed by atoms with E-state index in [2.05, 4.69) is 44.6 Å². The molecule has 8 heteroatoms. The van der Waals surface area contributed by atoms with Crippen molar-refractivity contribution in [3.8, 4) is 0 Å². The first kappa shape index (κ1) is 21.1. The van der Waals surface area contributed by atoms with Crippen LogP contribution in [0.15, 0.2) is 41.7 Å². The number of piperidine rings is 1. The van der Waals surface area contributed by atoms with Crippen LogP contribution in [0.1, 0.15) is 24.4 Å². The number of benzene rings is 1. The molecule has 1 fully saturated rings. The second kappa shape index (κ2) is 9.73. The van der Waals surface area contributed by atoms with E-state index in [1.54, 1.807) is 19.2 Å². The van der Waals surface area contributed by atoms with Crippen molar-refractivity contribution in [2.75, 3.05) is 45.7 Å². The van der Waals surface area contributed by atoms with Gasteiger partial charge in [-0.25, -0.2) is 4.39 Å². The summed E-state index contributed by atoms with van der Waals surface area (Å²) in [6.07, 6.45) is 6.06. The molecule has 3 rings (SSSR count). The molecule has 0 radical (unpaired) electrons. The summed E-state index contributed by atoms with van der Waals surface area (Å²) in [5.74, 6) is 0.590. The van der Waals surface area contributed by atoms with Gasteiger partial charge in [-0.05, 0) is 45.1 Å². The third kappa shape index (κ3) is 5.69. The fraction of sp³-hybridized carbons (Fsp3) is 0.524. The second-order valence-corrected chi connectivity index (χ2v) is 7.79. The Kier molecular flexibility index (Phi) is 7.09. The number of aryl methyl sites for hydroxylation is 1. The molecule has 2 N–H and O–H groups in total. The molecule has 2 atom stereocenters. The number of hydrogen-bond donors (Lipinski definition) is 2. The van der Waals surface area contributed by atoms with E-state index >= 15 is 0 Å². The van der Waals surface area contributed by atoms with Crippen molar-refractivity contribution in [2.45, 2.75) is 24.9 Å². The second-order valence-electron chi connectivity index (χ2n) is 7.79. The van der Waals surface area contributed by atoms with Crippen molar-refractivity contribution in [3.05, 3.63) is 48.0 Å². The molecule has 2 unspecified atom stereocenters. The minimum atomic E-state index is -0.194. The number of nitrogens with zero attached hydrogens (tertiary/aromatic N) is 5. The van der Waals surface area contributed by atoms with E-state index in [9.17, 15) is 4.39 Å².